The van der Waals surface area contributed by atoms with Crippen molar-refractivity contribution in [1.29, 1.82) is 0 Å². The lowest BCUT2D eigenvalue weighted by molar-refractivity contribution is -0.132. The largest absolute Gasteiger partial charge is 0.393 e. The molecule has 0 spiro atoms. The second kappa shape index (κ2) is 7.49. The maximum absolute atomic E-state index is 12.0. The fourth-order valence-electron chi connectivity index (χ4n) is 2.54. The Bertz CT molecular complexity index is 495. The molecule has 1 aromatic carbocycles. The van der Waals surface area contributed by atoms with E-state index < -0.39 is 0 Å². The molecule has 0 aliphatic carbocycles. The quantitative estimate of drug-likeness (QED) is 0.776. The normalized spacial score (nSPS) is 20.7. The van der Waals surface area contributed by atoms with Crippen molar-refractivity contribution in [3.8, 4) is 0 Å². The fraction of sp³-hybridized carbons (Fsp3) is 0.467. The van der Waals surface area contributed by atoms with E-state index in [9.17, 15) is 4.79 Å². The number of carbonyl (C=O) groups excluding carboxylic acids is 1. The van der Waals surface area contributed by atoms with E-state index in [1.807, 2.05) is 30.3 Å². The number of thiocarbonyl (C=S) groups is 1. The molecule has 1 amide bonds. The molecule has 1 aliphatic rings. The van der Waals surface area contributed by atoms with Crippen LogP contribution in [-0.2, 0) is 9.53 Å². The molecule has 1 fully saturated rings. The van der Waals surface area contributed by atoms with Crippen LogP contribution in [0.4, 0.5) is 0 Å². The van der Waals surface area contributed by atoms with Crippen LogP contribution in [-0.4, -0.2) is 55.2 Å². The zero-order valence-corrected chi connectivity index (χ0v) is 12.9. The van der Waals surface area contributed by atoms with Crippen LogP contribution in [0.2, 0.25) is 0 Å². The number of nitrogens with one attached hydrogen (secondary N) is 1. The Morgan fingerprint density at radius 2 is 2.24 bits per heavy atom. The van der Waals surface area contributed by atoms with Crippen molar-refractivity contribution >= 4 is 23.1 Å². The molecule has 2 atom stereocenters. The van der Waals surface area contributed by atoms with Crippen molar-refractivity contribution in [1.82, 2.24) is 10.2 Å². The Morgan fingerprint density at radius 1 is 1.52 bits per heavy atom. The summed E-state index contributed by atoms with van der Waals surface area (Å²) >= 11 is 5.22. The Kier molecular flexibility index (Phi) is 5.67. The molecule has 2 rings (SSSR count). The van der Waals surface area contributed by atoms with E-state index in [1.54, 1.807) is 7.05 Å². The van der Waals surface area contributed by atoms with E-state index in [1.165, 1.54) is 0 Å². The number of nitrogens with two attached hydrogens (primary N) is 1. The number of amides is 1. The van der Waals surface area contributed by atoms with Gasteiger partial charge in [-0.25, -0.2) is 0 Å². The highest BCUT2D eigenvalue weighted by molar-refractivity contribution is 7.80. The van der Waals surface area contributed by atoms with E-state index in [2.05, 4.69) is 10.2 Å². The molecule has 21 heavy (non-hydrogen) atoms. The number of rotatable bonds is 5. The fourth-order valence-corrected chi connectivity index (χ4v) is 2.75. The first-order valence-corrected chi connectivity index (χ1v) is 7.42. The molecule has 2 unspecified atom stereocenters. The Hall–Kier alpha value is -1.50. The third-order valence-corrected chi connectivity index (χ3v) is 4.04. The average Bonchev–Trinajstić information content (AvgIpc) is 2.52. The summed E-state index contributed by atoms with van der Waals surface area (Å²) < 4.78 is 5.42. The van der Waals surface area contributed by atoms with Gasteiger partial charge < -0.3 is 15.8 Å². The van der Waals surface area contributed by atoms with Gasteiger partial charge in [0.05, 0.1) is 18.2 Å². The van der Waals surface area contributed by atoms with E-state index >= 15 is 0 Å². The van der Waals surface area contributed by atoms with Crippen molar-refractivity contribution in [3.63, 3.8) is 0 Å². The van der Waals surface area contributed by atoms with Crippen LogP contribution in [0.1, 0.15) is 11.5 Å². The molecule has 5 nitrogen and oxygen atoms in total. The summed E-state index contributed by atoms with van der Waals surface area (Å²) in [5.41, 5.74) is 6.99. The molecular formula is C15H21N3O2S. The van der Waals surface area contributed by atoms with Crippen LogP contribution in [0.25, 0.3) is 0 Å². The summed E-state index contributed by atoms with van der Waals surface area (Å²) in [5.74, 6) is -0.101. The van der Waals surface area contributed by atoms with Crippen LogP contribution < -0.4 is 11.1 Å². The first-order chi connectivity index (χ1) is 10.1. The summed E-state index contributed by atoms with van der Waals surface area (Å²) in [4.78, 5) is 14.5. The first kappa shape index (κ1) is 15.9. The van der Waals surface area contributed by atoms with Gasteiger partial charge in [-0.3, -0.25) is 9.69 Å². The molecule has 114 valence electrons. The van der Waals surface area contributed by atoms with Gasteiger partial charge in [0, 0.05) is 26.1 Å². The zero-order chi connectivity index (χ0) is 15.2. The lowest BCUT2D eigenvalue weighted by Crippen LogP contribution is -2.54. The Morgan fingerprint density at radius 3 is 2.86 bits per heavy atom. The van der Waals surface area contributed by atoms with Gasteiger partial charge in [0.1, 0.15) is 6.04 Å². The molecule has 1 heterocycles. The predicted octanol–water partition coefficient (Wildman–Crippen LogP) is 0.503. The van der Waals surface area contributed by atoms with Crippen molar-refractivity contribution in [2.45, 2.75) is 12.0 Å². The van der Waals surface area contributed by atoms with Gasteiger partial charge in [-0.2, -0.15) is 0 Å². The van der Waals surface area contributed by atoms with Crippen LogP contribution in [0, 0.1) is 0 Å². The highest BCUT2D eigenvalue weighted by atomic mass is 32.1. The standard InChI is InChI=1S/C15H21N3O2S/c1-17-15(19)13-10-20-8-7-18(13)9-12(14(16)21)11-5-3-2-4-6-11/h2-6,12-13H,7-10H2,1H3,(H2,16,21)(H,17,19). The molecule has 0 bridgehead atoms. The molecule has 1 aliphatic heterocycles. The van der Waals surface area contributed by atoms with Crippen molar-refractivity contribution < 1.29 is 9.53 Å². The molecular weight excluding hydrogens is 286 g/mol. The molecule has 1 saturated heterocycles. The predicted molar refractivity (Wildman–Crippen MR) is 86.2 cm³/mol. The molecule has 0 saturated carbocycles. The highest BCUT2D eigenvalue weighted by Gasteiger charge is 2.31. The average molecular weight is 307 g/mol. The third kappa shape index (κ3) is 4.00. The number of ether oxygens (including phenoxy) is 1. The van der Waals surface area contributed by atoms with Crippen LogP contribution >= 0.6 is 12.2 Å². The number of morpholine rings is 1. The van der Waals surface area contributed by atoms with E-state index in [4.69, 9.17) is 22.7 Å². The second-order valence-corrected chi connectivity index (χ2v) is 5.54. The second-order valence-electron chi connectivity index (χ2n) is 5.07. The number of benzene rings is 1. The minimum absolute atomic E-state index is 0.0375. The van der Waals surface area contributed by atoms with Gasteiger partial charge in [-0.1, -0.05) is 42.5 Å². The first-order valence-electron chi connectivity index (χ1n) is 7.01. The summed E-state index contributed by atoms with van der Waals surface area (Å²) in [5, 5.41) is 2.68. The smallest absolute Gasteiger partial charge is 0.239 e. The van der Waals surface area contributed by atoms with Crippen LogP contribution in [0.5, 0.6) is 0 Å². The van der Waals surface area contributed by atoms with Gasteiger partial charge in [-0.15, -0.1) is 0 Å². The molecule has 0 radical (unpaired) electrons. The number of hydrogen-bond donors (Lipinski definition) is 2. The van der Waals surface area contributed by atoms with Gasteiger partial charge in [0.15, 0.2) is 0 Å². The number of hydrogen-bond acceptors (Lipinski definition) is 4. The van der Waals surface area contributed by atoms with Crippen molar-refractivity contribution in [2.24, 2.45) is 5.73 Å². The van der Waals surface area contributed by atoms with E-state index in [0.29, 0.717) is 31.3 Å². The Labute approximate surface area is 130 Å². The number of nitrogens with zero attached hydrogens (tertiary/aromatic N) is 1. The van der Waals surface area contributed by atoms with Gasteiger partial charge >= 0.3 is 0 Å². The summed E-state index contributed by atoms with van der Waals surface area (Å²) in [7, 11) is 1.64. The topological polar surface area (TPSA) is 67.6 Å². The highest BCUT2D eigenvalue weighted by Crippen LogP contribution is 2.20. The number of likely N-dealkylation sites (N-methyl/N-ethyl adjacent to an activating group) is 1. The third-order valence-electron chi connectivity index (χ3n) is 3.75. The molecule has 3 N–H and O–H groups in total. The van der Waals surface area contributed by atoms with Gasteiger partial charge in [-0.05, 0) is 5.56 Å². The maximum atomic E-state index is 12.0. The van der Waals surface area contributed by atoms with Crippen molar-refractivity contribution in [2.75, 3.05) is 33.4 Å². The SMILES string of the molecule is CNC(=O)C1COCCN1CC(C(N)=S)c1ccccc1. The monoisotopic (exact) mass is 307 g/mol. The number of carbonyl (C=O) groups is 1. The van der Waals surface area contributed by atoms with Gasteiger partial charge in [0.2, 0.25) is 5.91 Å². The minimum atomic E-state index is -0.288. The minimum Gasteiger partial charge on any atom is -0.393 e. The molecule has 0 aromatic heterocycles. The zero-order valence-electron chi connectivity index (χ0n) is 12.1. The summed E-state index contributed by atoms with van der Waals surface area (Å²) in [6.07, 6.45) is 0. The van der Waals surface area contributed by atoms with E-state index in [0.717, 1.165) is 5.56 Å². The summed E-state index contributed by atoms with van der Waals surface area (Å²) in [6, 6.07) is 9.64. The lowest BCUT2D eigenvalue weighted by atomic mass is 9.97. The maximum Gasteiger partial charge on any atom is 0.239 e. The summed E-state index contributed by atoms with van der Waals surface area (Å²) in [6.45, 7) is 2.34. The van der Waals surface area contributed by atoms with E-state index in [-0.39, 0.29) is 17.9 Å². The van der Waals surface area contributed by atoms with Crippen molar-refractivity contribution in [3.05, 3.63) is 35.9 Å². The van der Waals surface area contributed by atoms with Gasteiger partial charge in [0.25, 0.3) is 0 Å². The Balaban J connectivity index is 2.15. The van der Waals surface area contributed by atoms with Crippen LogP contribution in [0.3, 0.4) is 0 Å². The van der Waals surface area contributed by atoms with Crippen LogP contribution in [0.15, 0.2) is 30.3 Å². The lowest BCUT2D eigenvalue weighted by Gasteiger charge is -2.36. The molecule has 6 heteroatoms. The molecule has 1 aromatic rings.